The van der Waals surface area contributed by atoms with Crippen molar-refractivity contribution >= 4 is 46.3 Å². The van der Waals surface area contributed by atoms with Gasteiger partial charge in [-0.15, -0.1) is 0 Å². The summed E-state index contributed by atoms with van der Waals surface area (Å²) in [6.45, 7) is 0. The minimum atomic E-state index is -0.474. The molecule has 0 saturated carbocycles. The highest BCUT2D eigenvalue weighted by molar-refractivity contribution is 6.30. The first-order chi connectivity index (χ1) is 21.3. The fraction of sp³-hybridized carbons (Fsp3) is 0. The summed E-state index contributed by atoms with van der Waals surface area (Å²) in [5.74, 6) is -2.10. The average molecular weight is 577 g/mol. The van der Waals surface area contributed by atoms with Gasteiger partial charge in [0.25, 0.3) is 11.8 Å². The van der Waals surface area contributed by atoms with E-state index in [-0.39, 0.29) is 56.5 Å². The van der Waals surface area contributed by atoms with E-state index in [1.807, 2.05) is 0 Å². The van der Waals surface area contributed by atoms with E-state index in [1.54, 1.807) is 72.8 Å². The summed E-state index contributed by atoms with van der Waals surface area (Å²) in [5.41, 5.74) is 3.47. The standard InChI is InChI=1S/C36H20N2O6/c39-31-23-5-1-3-7-25(23)33(41)29-17-19(9-15-27(29)31)35(43)37-21-11-13-22(14-12-21)38-36(44)20-10-16-28-30(18-20)34(42)26-8-4-2-6-24(26)32(28)40/h1-18H,(H,37,43)(H,38,44). The fourth-order valence-electron chi connectivity index (χ4n) is 5.52. The number of hydrogen-bond donors (Lipinski definition) is 2. The van der Waals surface area contributed by atoms with Gasteiger partial charge in [0.2, 0.25) is 0 Å². The van der Waals surface area contributed by atoms with E-state index in [0.717, 1.165) is 0 Å². The first-order valence-corrected chi connectivity index (χ1v) is 13.7. The van der Waals surface area contributed by atoms with E-state index in [0.29, 0.717) is 33.6 Å². The van der Waals surface area contributed by atoms with Crippen molar-refractivity contribution in [2.24, 2.45) is 0 Å². The van der Waals surface area contributed by atoms with Gasteiger partial charge in [-0.25, -0.2) is 0 Å². The second-order valence-electron chi connectivity index (χ2n) is 10.4. The first kappa shape index (κ1) is 26.6. The van der Waals surface area contributed by atoms with Crippen LogP contribution in [0.25, 0.3) is 0 Å². The molecule has 2 aliphatic carbocycles. The summed E-state index contributed by atoms with van der Waals surface area (Å²) >= 11 is 0. The van der Waals surface area contributed by atoms with Crippen molar-refractivity contribution in [1.29, 1.82) is 0 Å². The van der Waals surface area contributed by atoms with Gasteiger partial charge in [0.15, 0.2) is 23.1 Å². The van der Waals surface area contributed by atoms with E-state index < -0.39 is 11.8 Å². The molecule has 2 aliphatic rings. The fourth-order valence-corrected chi connectivity index (χ4v) is 5.52. The lowest BCUT2D eigenvalue weighted by Gasteiger charge is -2.18. The van der Waals surface area contributed by atoms with Gasteiger partial charge in [0.05, 0.1) is 0 Å². The van der Waals surface area contributed by atoms with Crippen molar-refractivity contribution < 1.29 is 28.8 Å². The van der Waals surface area contributed by atoms with Crippen LogP contribution in [0.2, 0.25) is 0 Å². The third-order valence-corrected chi connectivity index (χ3v) is 7.78. The van der Waals surface area contributed by atoms with Gasteiger partial charge in [0, 0.05) is 67.0 Å². The predicted molar refractivity (Wildman–Crippen MR) is 162 cm³/mol. The van der Waals surface area contributed by atoms with Crippen LogP contribution in [0.4, 0.5) is 11.4 Å². The molecule has 0 heterocycles. The summed E-state index contributed by atoms with van der Waals surface area (Å²) in [4.78, 5) is 77.7. The Morgan fingerprint density at radius 3 is 1.00 bits per heavy atom. The zero-order valence-electron chi connectivity index (χ0n) is 22.8. The molecule has 210 valence electrons. The summed E-state index contributed by atoms with van der Waals surface area (Å²) in [6.07, 6.45) is 0. The maximum Gasteiger partial charge on any atom is 0.255 e. The molecule has 44 heavy (non-hydrogen) atoms. The third-order valence-electron chi connectivity index (χ3n) is 7.78. The number of amides is 2. The number of fused-ring (bicyclic) bond motifs is 4. The second-order valence-corrected chi connectivity index (χ2v) is 10.4. The van der Waals surface area contributed by atoms with Gasteiger partial charge in [0.1, 0.15) is 0 Å². The van der Waals surface area contributed by atoms with E-state index in [2.05, 4.69) is 10.6 Å². The second kappa shape index (κ2) is 10.2. The Kier molecular flexibility index (Phi) is 6.18. The van der Waals surface area contributed by atoms with Crippen LogP contribution in [-0.2, 0) is 0 Å². The van der Waals surface area contributed by atoms with Gasteiger partial charge in [-0.1, -0.05) is 48.5 Å². The molecule has 0 saturated heterocycles. The van der Waals surface area contributed by atoms with Crippen molar-refractivity contribution in [2.75, 3.05) is 10.6 Å². The average Bonchev–Trinajstić information content (AvgIpc) is 3.06. The van der Waals surface area contributed by atoms with Crippen LogP contribution in [0.15, 0.2) is 109 Å². The van der Waals surface area contributed by atoms with Crippen LogP contribution in [0.5, 0.6) is 0 Å². The SMILES string of the molecule is O=C(Nc1ccc(NC(=O)c2ccc3c(c2)C(=O)c2ccccc2C3=O)cc1)c1ccc2c(c1)C(=O)c1ccccc1C2=O. The molecule has 8 nitrogen and oxygen atoms in total. The number of benzene rings is 5. The van der Waals surface area contributed by atoms with Crippen molar-refractivity contribution in [2.45, 2.75) is 0 Å². The third kappa shape index (κ3) is 4.33. The van der Waals surface area contributed by atoms with Crippen molar-refractivity contribution in [1.82, 2.24) is 0 Å². The number of anilines is 2. The molecule has 5 aromatic rings. The molecule has 0 bridgehead atoms. The minimum Gasteiger partial charge on any atom is -0.322 e. The molecular weight excluding hydrogens is 556 g/mol. The zero-order valence-corrected chi connectivity index (χ0v) is 22.8. The number of nitrogens with one attached hydrogen (secondary N) is 2. The monoisotopic (exact) mass is 576 g/mol. The summed E-state index contributed by atoms with van der Waals surface area (Å²) in [6, 6.07) is 28.4. The van der Waals surface area contributed by atoms with Gasteiger partial charge in [-0.05, 0) is 60.7 Å². The summed E-state index contributed by atoms with van der Waals surface area (Å²) in [5, 5.41) is 5.51. The Hall–Kier alpha value is -6.28. The van der Waals surface area contributed by atoms with Crippen molar-refractivity contribution in [3.05, 3.63) is 165 Å². The molecule has 2 amide bonds. The van der Waals surface area contributed by atoms with E-state index in [1.165, 1.54) is 36.4 Å². The van der Waals surface area contributed by atoms with Crippen molar-refractivity contribution in [3.8, 4) is 0 Å². The van der Waals surface area contributed by atoms with E-state index >= 15 is 0 Å². The molecule has 0 radical (unpaired) electrons. The molecule has 0 unspecified atom stereocenters. The molecule has 0 spiro atoms. The summed E-state index contributed by atoms with van der Waals surface area (Å²) < 4.78 is 0. The quantitative estimate of drug-likeness (QED) is 0.275. The predicted octanol–water partition coefficient (Wildman–Crippen LogP) is 5.74. The zero-order chi connectivity index (χ0) is 30.5. The van der Waals surface area contributed by atoms with Crippen LogP contribution < -0.4 is 10.6 Å². The Bertz CT molecular complexity index is 1980. The molecule has 0 fully saturated rings. The van der Waals surface area contributed by atoms with Crippen molar-refractivity contribution in [3.63, 3.8) is 0 Å². The largest absolute Gasteiger partial charge is 0.322 e. The molecule has 7 rings (SSSR count). The Labute approximate surface area is 250 Å². The molecule has 0 aliphatic heterocycles. The van der Waals surface area contributed by atoms with Crippen LogP contribution in [0, 0.1) is 0 Å². The lowest BCUT2D eigenvalue weighted by atomic mass is 9.83. The number of carbonyl (C=O) groups excluding carboxylic acids is 6. The lowest BCUT2D eigenvalue weighted by molar-refractivity contribution is 0.0977. The van der Waals surface area contributed by atoms with Gasteiger partial charge in [-0.2, -0.15) is 0 Å². The number of hydrogen-bond acceptors (Lipinski definition) is 6. The van der Waals surface area contributed by atoms with Crippen LogP contribution >= 0.6 is 0 Å². The van der Waals surface area contributed by atoms with Gasteiger partial charge in [-0.3, -0.25) is 28.8 Å². The Balaban J connectivity index is 1.05. The highest BCUT2D eigenvalue weighted by Crippen LogP contribution is 2.30. The normalized spacial score (nSPS) is 12.9. The Morgan fingerprint density at radius 2 is 0.659 bits per heavy atom. The van der Waals surface area contributed by atoms with Gasteiger partial charge >= 0.3 is 0 Å². The Morgan fingerprint density at radius 1 is 0.364 bits per heavy atom. The maximum absolute atomic E-state index is 13.0. The smallest absolute Gasteiger partial charge is 0.255 e. The van der Waals surface area contributed by atoms with Crippen LogP contribution in [0.1, 0.15) is 84.4 Å². The number of rotatable bonds is 4. The molecule has 2 N–H and O–H groups in total. The highest BCUT2D eigenvalue weighted by atomic mass is 16.2. The van der Waals surface area contributed by atoms with E-state index in [4.69, 9.17) is 0 Å². The minimum absolute atomic E-state index is 0.178. The molecule has 8 heteroatoms. The van der Waals surface area contributed by atoms with Crippen LogP contribution in [0.3, 0.4) is 0 Å². The van der Waals surface area contributed by atoms with Crippen LogP contribution in [-0.4, -0.2) is 34.9 Å². The molecule has 0 atom stereocenters. The molecular formula is C36H20N2O6. The number of carbonyl (C=O) groups is 6. The van der Waals surface area contributed by atoms with E-state index in [9.17, 15) is 28.8 Å². The maximum atomic E-state index is 13.0. The first-order valence-electron chi connectivity index (χ1n) is 13.7. The molecule has 0 aromatic heterocycles. The lowest BCUT2D eigenvalue weighted by Crippen LogP contribution is -2.22. The molecule has 5 aromatic carbocycles. The summed E-state index contributed by atoms with van der Waals surface area (Å²) in [7, 11) is 0. The van der Waals surface area contributed by atoms with Gasteiger partial charge < -0.3 is 10.6 Å². The number of ketones is 4. The highest BCUT2D eigenvalue weighted by Gasteiger charge is 2.31. The topological polar surface area (TPSA) is 126 Å².